The van der Waals surface area contributed by atoms with Crippen LogP contribution in [0.1, 0.15) is 16.7 Å². The largest absolute Gasteiger partial charge is 0.497 e. The summed E-state index contributed by atoms with van der Waals surface area (Å²) in [6.45, 7) is 1.91. The first-order valence-corrected chi connectivity index (χ1v) is 9.70. The summed E-state index contributed by atoms with van der Waals surface area (Å²) in [6, 6.07) is 15.9. The van der Waals surface area contributed by atoms with E-state index in [0.717, 1.165) is 27.9 Å². The van der Waals surface area contributed by atoms with Gasteiger partial charge in [-0.15, -0.1) is 12.4 Å². The van der Waals surface area contributed by atoms with E-state index in [2.05, 4.69) is 38.4 Å². The van der Waals surface area contributed by atoms with Gasteiger partial charge in [-0.3, -0.25) is 4.98 Å². The number of rotatable bonds is 9. The van der Waals surface area contributed by atoms with E-state index >= 15 is 0 Å². The van der Waals surface area contributed by atoms with Crippen LogP contribution >= 0.6 is 28.3 Å². The molecule has 0 saturated heterocycles. The van der Waals surface area contributed by atoms with E-state index < -0.39 is 0 Å². The summed E-state index contributed by atoms with van der Waals surface area (Å²) in [5.41, 5.74) is 3.30. The van der Waals surface area contributed by atoms with Gasteiger partial charge in [0.1, 0.15) is 12.4 Å². The minimum atomic E-state index is 0. The molecule has 1 N–H and O–H groups in total. The molecule has 2 aromatic carbocycles. The number of benzene rings is 2. The highest BCUT2D eigenvalue weighted by Crippen LogP contribution is 2.37. The van der Waals surface area contributed by atoms with Gasteiger partial charge >= 0.3 is 0 Å². The molecule has 3 rings (SSSR count). The predicted octanol–water partition coefficient (Wildman–Crippen LogP) is 5.15. The molecule has 154 valence electrons. The molecule has 7 heteroatoms. The summed E-state index contributed by atoms with van der Waals surface area (Å²) in [4.78, 5) is 4.11. The van der Waals surface area contributed by atoms with Crippen LogP contribution in [0.15, 0.2) is 65.4 Å². The second-order valence-electron chi connectivity index (χ2n) is 6.21. The Labute approximate surface area is 186 Å². The summed E-state index contributed by atoms with van der Waals surface area (Å²) >= 11 is 3.60. The van der Waals surface area contributed by atoms with E-state index in [1.807, 2.05) is 36.4 Å². The van der Waals surface area contributed by atoms with Crippen molar-refractivity contribution in [1.82, 2.24) is 10.3 Å². The number of ether oxygens (including phenoxy) is 3. The average molecular weight is 480 g/mol. The topological polar surface area (TPSA) is 52.6 Å². The van der Waals surface area contributed by atoms with E-state index in [9.17, 15) is 0 Å². The van der Waals surface area contributed by atoms with Crippen molar-refractivity contribution < 1.29 is 14.2 Å². The number of nitrogens with zero attached hydrogens (tertiary/aromatic N) is 1. The Bertz CT molecular complexity index is 893. The zero-order chi connectivity index (χ0) is 19.8. The predicted molar refractivity (Wildman–Crippen MR) is 120 cm³/mol. The lowest BCUT2D eigenvalue weighted by atomic mass is 10.1. The lowest BCUT2D eigenvalue weighted by Crippen LogP contribution is -2.13. The van der Waals surface area contributed by atoms with E-state index in [1.54, 1.807) is 26.6 Å². The van der Waals surface area contributed by atoms with Crippen LogP contribution in [0.4, 0.5) is 0 Å². The first kappa shape index (κ1) is 23.0. The lowest BCUT2D eigenvalue weighted by molar-refractivity contribution is 0.282. The number of hydrogen-bond donors (Lipinski definition) is 1. The van der Waals surface area contributed by atoms with Crippen molar-refractivity contribution >= 4 is 28.3 Å². The van der Waals surface area contributed by atoms with E-state index in [4.69, 9.17) is 14.2 Å². The summed E-state index contributed by atoms with van der Waals surface area (Å²) in [5.74, 6) is 2.24. The van der Waals surface area contributed by atoms with Crippen LogP contribution in [-0.2, 0) is 19.7 Å². The minimum absolute atomic E-state index is 0. The van der Waals surface area contributed by atoms with E-state index in [0.29, 0.717) is 24.7 Å². The summed E-state index contributed by atoms with van der Waals surface area (Å²) in [6.07, 6.45) is 3.53. The minimum Gasteiger partial charge on any atom is -0.497 e. The molecule has 0 atom stereocenters. The van der Waals surface area contributed by atoms with Crippen molar-refractivity contribution in [2.45, 2.75) is 19.7 Å². The van der Waals surface area contributed by atoms with Crippen LogP contribution < -0.4 is 19.5 Å². The maximum absolute atomic E-state index is 5.95. The van der Waals surface area contributed by atoms with Crippen LogP contribution in [0, 0.1) is 0 Å². The quantitative estimate of drug-likeness (QED) is 0.460. The van der Waals surface area contributed by atoms with Gasteiger partial charge in [0.2, 0.25) is 0 Å². The Hall–Kier alpha value is -2.28. The van der Waals surface area contributed by atoms with Crippen LogP contribution in [0.2, 0.25) is 0 Å². The highest BCUT2D eigenvalue weighted by Gasteiger charge is 2.12. The summed E-state index contributed by atoms with van der Waals surface area (Å²) < 4.78 is 17.5. The highest BCUT2D eigenvalue weighted by molar-refractivity contribution is 9.10. The molecule has 1 heterocycles. The molecule has 0 spiro atoms. The molecule has 0 aliphatic carbocycles. The Morgan fingerprint density at radius 1 is 0.931 bits per heavy atom. The molecule has 0 fully saturated rings. The van der Waals surface area contributed by atoms with Crippen molar-refractivity contribution in [3.63, 3.8) is 0 Å². The van der Waals surface area contributed by atoms with Crippen molar-refractivity contribution in [2.24, 2.45) is 0 Å². The molecule has 0 aliphatic rings. The van der Waals surface area contributed by atoms with Gasteiger partial charge in [-0.1, -0.05) is 18.2 Å². The van der Waals surface area contributed by atoms with Gasteiger partial charge < -0.3 is 19.5 Å². The van der Waals surface area contributed by atoms with Crippen molar-refractivity contribution in [3.05, 3.63) is 82.1 Å². The van der Waals surface area contributed by atoms with Gasteiger partial charge in [0, 0.05) is 31.0 Å². The molecular formula is C22H24BrClN2O3. The zero-order valence-corrected chi connectivity index (χ0v) is 18.8. The Kier molecular flexibility index (Phi) is 9.25. The van der Waals surface area contributed by atoms with E-state index in [-0.39, 0.29) is 12.4 Å². The van der Waals surface area contributed by atoms with Gasteiger partial charge in [0.15, 0.2) is 11.5 Å². The van der Waals surface area contributed by atoms with Crippen molar-refractivity contribution in [3.8, 4) is 17.2 Å². The molecule has 0 saturated carbocycles. The number of methoxy groups -OCH3 is 2. The Balaban J connectivity index is 0.00000300. The third-order valence-corrected chi connectivity index (χ3v) is 4.80. The van der Waals surface area contributed by atoms with Gasteiger partial charge in [-0.2, -0.15) is 0 Å². The Morgan fingerprint density at radius 3 is 2.34 bits per heavy atom. The number of halogens is 2. The average Bonchev–Trinajstić information content (AvgIpc) is 2.74. The van der Waals surface area contributed by atoms with Gasteiger partial charge in [0.05, 0.1) is 18.7 Å². The number of aromatic nitrogens is 1. The first-order valence-electron chi connectivity index (χ1n) is 8.91. The summed E-state index contributed by atoms with van der Waals surface area (Å²) in [5, 5.41) is 3.45. The van der Waals surface area contributed by atoms with Gasteiger partial charge in [-0.25, -0.2) is 0 Å². The zero-order valence-electron chi connectivity index (χ0n) is 16.4. The molecule has 0 radical (unpaired) electrons. The first-order chi connectivity index (χ1) is 13.7. The molecular weight excluding hydrogens is 456 g/mol. The molecule has 5 nitrogen and oxygen atoms in total. The second-order valence-corrected chi connectivity index (χ2v) is 7.06. The normalized spacial score (nSPS) is 10.2. The van der Waals surface area contributed by atoms with Crippen LogP contribution in [0.3, 0.4) is 0 Å². The fraction of sp³-hybridized carbons (Fsp3) is 0.227. The SMILES string of the molecule is COc1ccc(CNCc2cc(Br)c(OCc3cccnc3)c(OC)c2)cc1.Cl. The molecule has 1 aromatic heterocycles. The second kappa shape index (κ2) is 11.7. The monoisotopic (exact) mass is 478 g/mol. The van der Waals surface area contributed by atoms with E-state index in [1.165, 1.54) is 5.56 Å². The third kappa shape index (κ3) is 6.63. The fourth-order valence-corrected chi connectivity index (χ4v) is 3.35. The lowest BCUT2D eigenvalue weighted by Gasteiger charge is -2.15. The number of nitrogens with one attached hydrogen (secondary N) is 1. The molecule has 3 aromatic rings. The number of pyridine rings is 1. The van der Waals surface area contributed by atoms with Gasteiger partial charge in [-0.05, 0) is 57.4 Å². The maximum Gasteiger partial charge on any atom is 0.175 e. The molecule has 0 aliphatic heterocycles. The van der Waals surface area contributed by atoms with Crippen LogP contribution in [0.25, 0.3) is 0 Å². The fourth-order valence-electron chi connectivity index (χ4n) is 2.75. The standard InChI is InChI=1S/C22H23BrN2O3.ClH/c1-26-19-7-5-16(6-8-19)12-25-14-18-10-20(23)22(21(11-18)27-2)28-15-17-4-3-9-24-13-17;/h3-11,13,25H,12,14-15H2,1-2H3;1H. The van der Waals surface area contributed by atoms with Crippen LogP contribution in [-0.4, -0.2) is 19.2 Å². The maximum atomic E-state index is 5.95. The smallest absolute Gasteiger partial charge is 0.175 e. The van der Waals surface area contributed by atoms with Gasteiger partial charge in [0.25, 0.3) is 0 Å². The Morgan fingerprint density at radius 2 is 1.69 bits per heavy atom. The van der Waals surface area contributed by atoms with Crippen molar-refractivity contribution in [1.29, 1.82) is 0 Å². The van der Waals surface area contributed by atoms with Crippen LogP contribution in [0.5, 0.6) is 17.2 Å². The molecule has 0 bridgehead atoms. The molecule has 0 unspecified atom stereocenters. The van der Waals surface area contributed by atoms with Crippen molar-refractivity contribution in [2.75, 3.05) is 14.2 Å². The molecule has 0 amide bonds. The highest BCUT2D eigenvalue weighted by atomic mass is 79.9. The summed E-state index contributed by atoms with van der Waals surface area (Å²) in [7, 11) is 3.32. The number of hydrogen-bond acceptors (Lipinski definition) is 5. The molecule has 29 heavy (non-hydrogen) atoms. The third-order valence-electron chi connectivity index (χ3n) is 4.21.